The molecule has 1 fully saturated rings. The molecule has 246 valence electrons. The molecule has 0 aromatic heterocycles. The van der Waals surface area contributed by atoms with Crippen LogP contribution in [-0.2, 0) is 14.3 Å². The summed E-state index contributed by atoms with van der Waals surface area (Å²) in [4.78, 5) is 11.7. The van der Waals surface area contributed by atoms with Gasteiger partial charge in [-0.15, -0.1) is 0 Å². The average molecular weight is 597 g/mol. The van der Waals surface area contributed by atoms with Crippen molar-refractivity contribution in [3.8, 4) is 0 Å². The topological polar surface area (TPSA) is 116 Å². The van der Waals surface area contributed by atoms with Crippen molar-refractivity contribution in [1.82, 2.24) is 0 Å². The Bertz CT molecular complexity index is 726. The zero-order valence-electron chi connectivity index (χ0n) is 26.9. The number of ether oxygens (including phenoxy) is 2. The summed E-state index contributed by atoms with van der Waals surface area (Å²) in [7, 11) is 0. The first kappa shape index (κ1) is 37.2. The van der Waals surface area contributed by atoms with Gasteiger partial charge in [-0.3, -0.25) is 0 Å². The molecule has 1 saturated heterocycles. The fourth-order valence-corrected chi connectivity index (χ4v) is 6.42. The van der Waals surface area contributed by atoms with Gasteiger partial charge in [0.15, 0.2) is 0 Å². The third-order valence-electron chi connectivity index (χ3n) is 9.11. The van der Waals surface area contributed by atoms with Crippen molar-refractivity contribution in [2.45, 2.75) is 204 Å². The van der Waals surface area contributed by atoms with E-state index in [0.29, 0.717) is 24.8 Å². The smallest absolute Gasteiger partial charge is 0.334 e. The number of hydrogen-bond acceptors (Lipinski definition) is 7. The molecule has 42 heavy (non-hydrogen) atoms. The monoisotopic (exact) mass is 596 g/mol. The van der Waals surface area contributed by atoms with E-state index in [0.717, 1.165) is 70.6 Å². The summed E-state index contributed by atoms with van der Waals surface area (Å²) < 4.78 is 11.1. The van der Waals surface area contributed by atoms with Gasteiger partial charge in [0, 0.05) is 12.0 Å². The molecule has 7 heteroatoms. The molecule has 2 aliphatic rings. The zero-order valence-corrected chi connectivity index (χ0v) is 26.9. The highest BCUT2D eigenvalue weighted by molar-refractivity contribution is 5.90. The number of unbranched alkanes of at least 4 members (excludes halogenated alkanes) is 12. The molecule has 7 atom stereocenters. The summed E-state index contributed by atoms with van der Waals surface area (Å²) >= 11 is 0. The van der Waals surface area contributed by atoms with Crippen molar-refractivity contribution >= 4 is 5.97 Å². The van der Waals surface area contributed by atoms with Crippen LogP contribution < -0.4 is 0 Å². The maximum Gasteiger partial charge on any atom is 0.334 e. The van der Waals surface area contributed by atoms with E-state index >= 15 is 0 Å². The van der Waals surface area contributed by atoms with Crippen molar-refractivity contribution < 1.29 is 34.7 Å². The zero-order chi connectivity index (χ0) is 30.6. The molecule has 0 aromatic rings. The van der Waals surface area contributed by atoms with Crippen LogP contribution in [0.2, 0.25) is 0 Å². The van der Waals surface area contributed by atoms with Crippen LogP contribution in [0.3, 0.4) is 0 Å². The molecule has 4 N–H and O–H groups in total. The van der Waals surface area contributed by atoms with Gasteiger partial charge in [0.25, 0.3) is 0 Å². The Morgan fingerprint density at radius 1 is 0.667 bits per heavy atom. The van der Waals surface area contributed by atoms with Crippen LogP contribution in [0.25, 0.3) is 0 Å². The van der Waals surface area contributed by atoms with Gasteiger partial charge in [-0.25, -0.2) is 4.79 Å². The summed E-state index contributed by atoms with van der Waals surface area (Å²) in [6, 6.07) is 0. The predicted octanol–water partition coefficient (Wildman–Crippen LogP) is 7.06. The second-order valence-electron chi connectivity index (χ2n) is 13.1. The molecule has 0 radical (unpaired) electrons. The van der Waals surface area contributed by atoms with E-state index in [9.17, 15) is 25.2 Å². The van der Waals surface area contributed by atoms with Gasteiger partial charge < -0.3 is 29.9 Å². The average Bonchev–Trinajstić information content (AvgIpc) is 3.58. The van der Waals surface area contributed by atoms with Gasteiger partial charge in [0.1, 0.15) is 6.10 Å². The Kier molecular flexibility index (Phi) is 19.9. The highest BCUT2D eigenvalue weighted by Crippen LogP contribution is 2.28. The van der Waals surface area contributed by atoms with E-state index in [2.05, 4.69) is 6.92 Å². The number of hydrogen-bond donors (Lipinski definition) is 4. The fraction of sp³-hybridized carbons (Fsp3) is 0.914. The third-order valence-corrected chi connectivity index (χ3v) is 9.11. The van der Waals surface area contributed by atoms with Crippen LogP contribution in [0.1, 0.15) is 162 Å². The third kappa shape index (κ3) is 16.2. The highest BCUT2D eigenvalue weighted by atomic mass is 16.5. The van der Waals surface area contributed by atoms with E-state index in [1.165, 1.54) is 57.8 Å². The first-order chi connectivity index (χ1) is 20.3. The second kappa shape index (κ2) is 22.5. The number of aliphatic hydroxyl groups is 4. The van der Waals surface area contributed by atoms with E-state index in [-0.39, 0.29) is 30.4 Å². The lowest BCUT2D eigenvalue weighted by Crippen LogP contribution is -2.31. The normalized spacial score (nSPS) is 23.5. The Balaban J connectivity index is 1.41. The summed E-state index contributed by atoms with van der Waals surface area (Å²) in [5.41, 5.74) is 0.566. The minimum atomic E-state index is -0.551. The first-order valence-electron chi connectivity index (χ1n) is 17.6. The molecule has 5 unspecified atom stereocenters. The van der Waals surface area contributed by atoms with Crippen molar-refractivity contribution in [3.05, 3.63) is 11.6 Å². The number of esters is 1. The van der Waals surface area contributed by atoms with Crippen LogP contribution in [0.15, 0.2) is 11.6 Å². The van der Waals surface area contributed by atoms with Crippen molar-refractivity contribution in [2.75, 3.05) is 0 Å². The van der Waals surface area contributed by atoms with Crippen LogP contribution in [0.4, 0.5) is 0 Å². The lowest BCUT2D eigenvalue weighted by atomic mass is 9.99. The summed E-state index contributed by atoms with van der Waals surface area (Å²) in [6.45, 7) is 4.07. The number of cyclic esters (lactones) is 1. The van der Waals surface area contributed by atoms with Gasteiger partial charge in [-0.1, -0.05) is 103 Å². The number of rotatable bonds is 26. The quantitative estimate of drug-likeness (QED) is 0.0624. The number of carbonyl (C=O) groups excluding carboxylic acids is 1. The molecule has 0 amide bonds. The minimum absolute atomic E-state index is 0.139. The Morgan fingerprint density at radius 3 is 1.60 bits per heavy atom. The SMILES string of the molecule is CCCCCCCCCCCCC(O)[C@H]1CCC([C@H](O)CCCCCC(O)CCCCC(O)CC2=CC(C)OC2=O)O1. The van der Waals surface area contributed by atoms with E-state index in [1.807, 2.05) is 6.92 Å². The van der Waals surface area contributed by atoms with E-state index in [4.69, 9.17) is 9.47 Å². The molecule has 2 heterocycles. The Hall–Kier alpha value is -0.990. The molecule has 2 rings (SSSR count). The number of carbonyl (C=O) groups is 1. The fourth-order valence-electron chi connectivity index (χ4n) is 6.42. The standard InChI is InChI=1S/C35H64O7/c1-3-4-5-6-7-8-9-10-11-14-21-31(38)33-23-24-34(42-33)32(39)22-15-12-13-18-29(36)19-16-17-20-30(37)26-28-25-27(2)41-35(28)40/h25,27,29-34,36-39H,3-24,26H2,1-2H3/t27?,29?,30?,31?,32-,33-,34?/m1/s1. The van der Waals surface area contributed by atoms with Gasteiger partial charge in [-0.2, -0.15) is 0 Å². The molecular formula is C35H64O7. The van der Waals surface area contributed by atoms with Gasteiger partial charge in [0.2, 0.25) is 0 Å². The highest BCUT2D eigenvalue weighted by Gasteiger charge is 2.34. The molecule has 0 aliphatic carbocycles. The molecule has 0 aromatic carbocycles. The Morgan fingerprint density at radius 2 is 1.10 bits per heavy atom. The van der Waals surface area contributed by atoms with Crippen LogP contribution in [0, 0.1) is 0 Å². The molecule has 7 nitrogen and oxygen atoms in total. The van der Waals surface area contributed by atoms with Gasteiger partial charge in [0.05, 0.1) is 36.6 Å². The summed E-state index contributed by atoms with van der Waals surface area (Å²) in [5, 5.41) is 41.7. The minimum Gasteiger partial charge on any atom is -0.455 e. The second-order valence-corrected chi connectivity index (χ2v) is 13.1. The molecule has 0 spiro atoms. The van der Waals surface area contributed by atoms with Gasteiger partial charge >= 0.3 is 5.97 Å². The first-order valence-corrected chi connectivity index (χ1v) is 17.6. The maximum atomic E-state index is 11.7. The van der Waals surface area contributed by atoms with Gasteiger partial charge in [-0.05, 0) is 57.9 Å². The van der Waals surface area contributed by atoms with E-state index < -0.39 is 18.3 Å². The Labute approximate surface area is 256 Å². The van der Waals surface area contributed by atoms with Crippen LogP contribution in [0.5, 0.6) is 0 Å². The number of aliphatic hydroxyl groups excluding tert-OH is 4. The summed E-state index contributed by atoms with van der Waals surface area (Å²) in [6.07, 6.45) is 22.4. The summed E-state index contributed by atoms with van der Waals surface area (Å²) in [5.74, 6) is -0.321. The van der Waals surface area contributed by atoms with Crippen molar-refractivity contribution in [1.29, 1.82) is 0 Å². The van der Waals surface area contributed by atoms with Crippen LogP contribution >= 0.6 is 0 Å². The largest absolute Gasteiger partial charge is 0.455 e. The molecular weight excluding hydrogens is 532 g/mol. The van der Waals surface area contributed by atoms with Crippen molar-refractivity contribution in [2.24, 2.45) is 0 Å². The molecule has 0 saturated carbocycles. The van der Waals surface area contributed by atoms with E-state index in [1.54, 1.807) is 6.08 Å². The lowest BCUT2D eigenvalue weighted by Gasteiger charge is -2.22. The predicted molar refractivity (Wildman–Crippen MR) is 168 cm³/mol. The maximum absolute atomic E-state index is 11.7. The lowest BCUT2D eigenvalue weighted by molar-refractivity contribution is -0.139. The molecule has 2 aliphatic heterocycles. The van der Waals surface area contributed by atoms with Crippen LogP contribution in [-0.4, -0.2) is 69.1 Å². The molecule has 0 bridgehead atoms. The van der Waals surface area contributed by atoms with Crippen molar-refractivity contribution in [3.63, 3.8) is 0 Å².